The molecule has 0 heterocycles. The van der Waals surface area contributed by atoms with Crippen LogP contribution in [-0.2, 0) is 9.53 Å². The van der Waals surface area contributed by atoms with Crippen LogP contribution in [0, 0.1) is 0 Å². The maximum absolute atomic E-state index is 12.2. The van der Waals surface area contributed by atoms with Crippen LogP contribution >= 0.6 is 0 Å². The van der Waals surface area contributed by atoms with Gasteiger partial charge in [0.05, 0.1) is 6.61 Å². The molecule has 0 amide bonds. The quantitative estimate of drug-likeness (QED) is 0.583. The molecular weight excluding hydrogens is 266 g/mol. The van der Waals surface area contributed by atoms with Crippen molar-refractivity contribution in [2.45, 2.75) is 51.1 Å². The van der Waals surface area contributed by atoms with Crippen LogP contribution in [0.5, 0.6) is 0 Å². The largest absolute Gasteiger partial charge is 0.465 e. The Morgan fingerprint density at radius 1 is 1.24 bits per heavy atom. The summed E-state index contributed by atoms with van der Waals surface area (Å²) in [6, 6.07) is 0.499. The van der Waals surface area contributed by atoms with E-state index in [2.05, 4.69) is 36.3 Å². The van der Waals surface area contributed by atoms with Crippen LogP contribution < -0.4 is 5.32 Å². The number of nitrogens with zero attached hydrogens (tertiary/aromatic N) is 2. The minimum Gasteiger partial charge on any atom is -0.465 e. The van der Waals surface area contributed by atoms with Gasteiger partial charge in [-0.05, 0) is 73.8 Å². The molecule has 124 valence electrons. The second-order valence-corrected chi connectivity index (χ2v) is 6.68. The molecule has 0 radical (unpaired) electrons. The molecule has 1 fully saturated rings. The molecule has 0 saturated heterocycles. The molecule has 0 spiro atoms. The summed E-state index contributed by atoms with van der Waals surface area (Å²) in [5.74, 6) is -0.112. The molecule has 1 rings (SSSR count). The number of hydrogen-bond donors (Lipinski definition) is 1. The molecule has 1 unspecified atom stereocenters. The van der Waals surface area contributed by atoms with Gasteiger partial charge in [-0.1, -0.05) is 0 Å². The van der Waals surface area contributed by atoms with E-state index in [1.54, 1.807) is 0 Å². The Bertz CT molecular complexity index is 319. The first kappa shape index (κ1) is 18.4. The van der Waals surface area contributed by atoms with Gasteiger partial charge in [0.1, 0.15) is 5.54 Å². The molecule has 1 aliphatic carbocycles. The standard InChI is InChI=1S/C16H33N3O2/c1-6-21-15(20)16(2,17-14-8-9-14)10-13-19(5)12-7-11-18(3)4/h14,17H,6-13H2,1-5H3. The average Bonchev–Trinajstić information content (AvgIpc) is 3.20. The van der Waals surface area contributed by atoms with Crippen molar-refractivity contribution in [2.24, 2.45) is 0 Å². The van der Waals surface area contributed by atoms with Gasteiger partial charge >= 0.3 is 5.97 Å². The molecule has 1 aliphatic rings. The highest BCUT2D eigenvalue weighted by Gasteiger charge is 2.39. The zero-order chi connectivity index (χ0) is 15.9. The number of ether oxygens (including phenoxy) is 1. The third kappa shape index (κ3) is 7.25. The maximum Gasteiger partial charge on any atom is 0.326 e. The normalized spacial score (nSPS) is 18.0. The van der Waals surface area contributed by atoms with Gasteiger partial charge in [-0.25, -0.2) is 0 Å². The third-order valence-corrected chi connectivity index (χ3v) is 3.96. The molecule has 21 heavy (non-hydrogen) atoms. The van der Waals surface area contributed by atoms with Gasteiger partial charge in [0, 0.05) is 12.6 Å². The lowest BCUT2D eigenvalue weighted by Crippen LogP contribution is -2.53. The van der Waals surface area contributed by atoms with E-state index in [1.165, 1.54) is 12.8 Å². The van der Waals surface area contributed by atoms with Crippen molar-refractivity contribution >= 4 is 5.97 Å². The summed E-state index contributed by atoms with van der Waals surface area (Å²) >= 11 is 0. The van der Waals surface area contributed by atoms with Crippen molar-refractivity contribution in [1.82, 2.24) is 15.1 Å². The van der Waals surface area contributed by atoms with Crippen LogP contribution in [0.1, 0.15) is 39.5 Å². The Kier molecular flexibility index (Phi) is 7.63. The molecule has 1 N–H and O–H groups in total. The molecule has 5 nitrogen and oxygen atoms in total. The topological polar surface area (TPSA) is 44.8 Å². The van der Waals surface area contributed by atoms with Crippen molar-refractivity contribution in [2.75, 3.05) is 47.4 Å². The summed E-state index contributed by atoms with van der Waals surface area (Å²) in [5, 5.41) is 3.47. The highest BCUT2D eigenvalue weighted by Crippen LogP contribution is 2.25. The first-order valence-corrected chi connectivity index (χ1v) is 8.15. The average molecular weight is 299 g/mol. The van der Waals surface area contributed by atoms with E-state index >= 15 is 0 Å². The van der Waals surface area contributed by atoms with Crippen LogP contribution in [0.25, 0.3) is 0 Å². The fourth-order valence-corrected chi connectivity index (χ4v) is 2.38. The van der Waals surface area contributed by atoms with E-state index < -0.39 is 5.54 Å². The number of carbonyl (C=O) groups excluding carboxylic acids is 1. The monoisotopic (exact) mass is 299 g/mol. The fraction of sp³-hybridized carbons (Fsp3) is 0.938. The molecule has 0 aromatic rings. The van der Waals surface area contributed by atoms with E-state index in [1.807, 2.05) is 13.8 Å². The van der Waals surface area contributed by atoms with Crippen molar-refractivity contribution in [3.05, 3.63) is 0 Å². The second-order valence-electron chi connectivity index (χ2n) is 6.68. The Hall–Kier alpha value is -0.650. The lowest BCUT2D eigenvalue weighted by Gasteiger charge is -2.30. The van der Waals surface area contributed by atoms with E-state index in [-0.39, 0.29) is 5.97 Å². The van der Waals surface area contributed by atoms with Crippen LogP contribution in [0.15, 0.2) is 0 Å². The molecule has 1 atom stereocenters. The van der Waals surface area contributed by atoms with Crippen molar-refractivity contribution < 1.29 is 9.53 Å². The highest BCUT2D eigenvalue weighted by atomic mass is 16.5. The lowest BCUT2D eigenvalue weighted by atomic mass is 9.97. The summed E-state index contributed by atoms with van der Waals surface area (Å²) < 4.78 is 5.25. The van der Waals surface area contributed by atoms with E-state index in [4.69, 9.17) is 4.74 Å². The van der Waals surface area contributed by atoms with Gasteiger partial charge < -0.3 is 14.5 Å². The van der Waals surface area contributed by atoms with Gasteiger partial charge in [0.15, 0.2) is 0 Å². The molecule has 1 saturated carbocycles. The van der Waals surface area contributed by atoms with Crippen LogP contribution in [0.4, 0.5) is 0 Å². The first-order chi connectivity index (χ1) is 9.87. The van der Waals surface area contributed by atoms with Gasteiger partial charge in [-0.2, -0.15) is 0 Å². The summed E-state index contributed by atoms with van der Waals surface area (Å²) in [7, 11) is 6.31. The molecular formula is C16H33N3O2. The van der Waals surface area contributed by atoms with Crippen LogP contribution in [0.2, 0.25) is 0 Å². The van der Waals surface area contributed by atoms with E-state index in [9.17, 15) is 4.79 Å². The number of hydrogen-bond acceptors (Lipinski definition) is 5. The zero-order valence-corrected chi connectivity index (χ0v) is 14.4. The number of carbonyl (C=O) groups is 1. The Labute approximate surface area is 130 Å². The summed E-state index contributed by atoms with van der Waals surface area (Å²) in [6.07, 6.45) is 4.29. The summed E-state index contributed by atoms with van der Waals surface area (Å²) in [5.41, 5.74) is -0.549. The van der Waals surface area contributed by atoms with Crippen molar-refractivity contribution in [3.8, 4) is 0 Å². The van der Waals surface area contributed by atoms with Crippen LogP contribution in [-0.4, -0.2) is 74.7 Å². The minimum absolute atomic E-state index is 0.112. The molecule has 5 heteroatoms. The third-order valence-electron chi connectivity index (χ3n) is 3.96. The highest BCUT2D eigenvalue weighted by molar-refractivity contribution is 5.80. The predicted molar refractivity (Wildman–Crippen MR) is 86.5 cm³/mol. The number of esters is 1. The van der Waals surface area contributed by atoms with E-state index in [0.717, 1.165) is 32.5 Å². The van der Waals surface area contributed by atoms with E-state index in [0.29, 0.717) is 12.6 Å². The molecule has 0 aromatic heterocycles. The summed E-state index contributed by atoms with van der Waals surface area (Å²) in [4.78, 5) is 16.7. The fourth-order valence-electron chi connectivity index (χ4n) is 2.38. The second kappa shape index (κ2) is 8.71. The first-order valence-electron chi connectivity index (χ1n) is 8.15. The van der Waals surface area contributed by atoms with Gasteiger partial charge in [0.25, 0.3) is 0 Å². The number of rotatable bonds is 11. The zero-order valence-electron chi connectivity index (χ0n) is 14.4. The Balaban J connectivity index is 2.39. The summed E-state index contributed by atoms with van der Waals surface area (Å²) in [6.45, 7) is 7.35. The smallest absolute Gasteiger partial charge is 0.326 e. The molecule has 0 aromatic carbocycles. The van der Waals surface area contributed by atoms with Crippen LogP contribution in [0.3, 0.4) is 0 Å². The molecule has 0 aliphatic heterocycles. The SMILES string of the molecule is CCOC(=O)C(C)(CCN(C)CCCN(C)C)NC1CC1. The van der Waals surface area contributed by atoms with Gasteiger partial charge in [-0.3, -0.25) is 10.1 Å². The Morgan fingerprint density at radius 3 is 2.43 bits per heavy atom. The number of nitrogens with one attached hydrogen (secondary N) is 1. The maximum atomic E-state index is 12.2. The lowest BCUT2D eigenvalue weighted by molar-refractivity contribution is -0.151. The van der Waals surface area contributed by atoms with Gasteiger partial charge in [0.2, 0.25) is 0 Å². The minimum atomic E-state index is -0.549. The van der Waals surface area contributed by atoms with Crippen molar-refractivity contribution in [3.63, 3.8) is 0 Å². The molecule has 0 bridgehead atoms. The van der Waals surface area contributed by atoms with Gasteiger partial charge in [-0.15, -0.1) is 0 Å². The predicted octanol–water partition coefficient (Wildman–Crippen LogP) is 1.33. The van der Waals surface area contributed by atoms with Crippen molar-refractivity contribution in [1.29, 1.82) is 0 Å². The Morgan fingerprint density at radius 2 is 1.90 bits per heavy atom.